The van der Waals surface area contributed by atoms with Gasteiger partial charge in [-0.2, -0.15) is 4.31 Å². The predicted molar refractivity (Wildman–Crippen MR) is 114 cm³/mol. The zero-order valence-corrected chi connectivity index (χ0v) is 19.0. The second kappa shape index (κ2) is 9.15. The number of anilines is 1. The van der Waals surface area contributed by atoms with E-state index >= 15 is 0 Å². The number of sulfonamides is 2. The van der Waals surface area contributed by atoms with Gasteiger partial charge in [-0.05, 0) is 68.3 Å². The van der Waals surface area contributed by atoms with Gasteiger partial charge < -0.3 is 4.74 Å². The van der Waals surface area contributed by atoms with Crippen LogP contribution in [0.1, 0.15) is 31.9 Å². The lowest BCUT2D eigenvalue weighted by Gasteiger charge is -2.20. The molecule has 1 N–H and O–H groups in total. The van der Waals surface area contributed by atoms with Crippen molar-refractivity contribution in [2.75, 3.05) is 24.4 Å². The maximum Gasteiger partial charge on any atom is 0.261 e. The van der Waals surface area contributed by atoms with Crippen LogP contribution in [0.4, 0.5) is 5.69 Å². The van der Waals surface area contributed by atoms with Crippen molar-refractivity contribution in [2.45, 2.75) is 44.4 Å². The highest BCUT2D eigenvalue weighted by Crippen LogP contribution is 2.28. The van der Waals surface area contributed by atoms with Crippen LogP contribution in [-0.4, -0.2) is 40.8 Å². The van der Waals surface area contributed by atoms with E-state index in [1.807, 2.05) is 6.92 Å². The molecule has 0 aliphatic heterocycles. The van der Waals surface area contributed by atoms with Crippen LogP contribution >= 0.6 is 0 Å². The van der Waals surface area contributed by atoms with E-state index < -0.39 is 20.0 Å². The number of aryl methyl sites for hydroxylation is 1. The van der Waals surface area contributed by atoms with Crippen LogP contribution in [-0.2, 0) is 20.0 Å². The molecular formula is C20H28N2O5S2. The Morgan fingerprint density at radius 3 is 2.00 bits per heavy atom. The standard InChI is InChI=1S/C20H28N2O5S2/c1-6-22(7-2)29(25,26)19-13-15(4)16(5)20(14-19)21-28(23,24)18-11-9-17(10-12-18)27-8-3/h9-14,21H,6-8H2,1-5H3. The van der Waals surface area contributed by atoms with E-state index in [4.69, 9.17) is 4.74 Å². The highest BCUT2D eigenvalue weighted by atomic mass is 32.2. The molecule has 2 aromatic carbocycles. The maximum absolute atomic E-state index is 12.9. The summed E-state index contributed by atoms with van der Waals surface area (Å²) < 4.78 is 60.6. The van der Waals surface area contributed by atoms with Crippen LogP contribution < -0.4 is 9.46 Å². The molecule has 7 nitrogen and oxygen atoms in total. The highest BCUT2D eigenvalue weighted by molar-refractivity contribution is 7.92. The van der Waals surface area contributed by atoms with Crippen molar-refractivity contribution in [3.63, 3.8) is 0 Å². The first-order chi connectivity index (χ1) is 13.6. The van der Waals surface area contributed by atoms with Crippen LogP contribution in [0.25, 0.3) is 0 Å². The summed E-state index contributed by atoms with van der Waals surface area (Å²) >= 11 is 0. The molecule has 2 rings (SSSR count). The minimum Gasteiger partial charge on any atom is -0.494 e. The summed E-state index contributed by atoms with van der Waals surface area (Å²) in [6, 6.07) is 9.01. The Labute approximate surface area is 173 Å². The van der Waals surface area contributed by atoms with Crippen molar-refractivity contribution in [1.29, 1.82) is 0 Å². The largest absolute Gasteiger partial charge is 0.494 e. The second-order valence-corrected chi connectivity index (χ2v) is 10.1. The zero-order chi connectivity index (χ0) is 21.8. The van der Waals surface area contributed by atoms with Gasteiger partial charge in [-0.1, -0.05) is 13.8 Å². The lowest BCUT2D eigenvalue weighted by molar-refractivity contribution is 0.340. The molecule has 0 aliphatic rings. The van der Waals surface area contributed by atoms with Gasteiger partial charge in [-0.15, -0.1) is 0 Å². The summed E-state index contributed by atoms with van der Waals surface area (Å²) in [7, 11) is -7.61. The molecular weight excluding hydrogens is 412 g/mol. The average molecular weight is 441 g/mol. The fourth-order valence-electron chi connectivity index (χ4n) is 2.88. The van der Waals surface area contributed by atoms with E-state index in [1.54, 1.807) is 45.9 Å². The molecule has 0 fully saturated rings. The molecule has 29 heavy (non-hydrogen) atoms. The summed E-state index contributed by atoms with van der Waals surface area (Å²) in [4.78, 5) is 0.128. The van der Waals surface area contributed by atoms with Crippen LogP contribution in [0, 0.1) is 13.8 Å². The summed E-state index contributed by atoms with van der Waals surface area (Å²) in [5.41, 5.74) is 1.59. The molecule has 0 saturated heterocycles. The van der Waals surface area contributed by atoms with Gasteiger partial charge in [0.25, 0.3) is 10.0 Å². The van der Waals surface area contributed by atoms with Crippen LogP contribution in [0.5, 0.6) is 5.75 Å². The number of benzene rings is 2. The minimum absolute atomic E-state index is 0.0636. The van der Waals surface area contributed by atoms with E-state index in [2.05, 4.69) is 4.72 Å². The number of ether oxygens (including phenoxy) is 1. The molecule has 0 aromatic heterocycles. The molecule has 0 saturated carbocycles. The summed E-state index contributed by atoms with van der Waals surface area (Å²) in [5, 5.41) is 0. The molecule has 0 bridgehead atoms. The first-order valence-corrected chi connectivity index (χ1v) is 12.4. The lowest BCUT2D eigenvalue weighted by atomic mass is 10.1. The van der Waals surface area contributed by atoms with E-state index in [1.165, 1.54) is 22.5 Å². The summed E-state index contributed by atoms with van der Waals surface area (Å²) in [6.07, 6.45) is 0. The highest BCUT2D eigenvalue weighted by Gasteiger charge is 2.24. The third-order valence-electron chi connectivity index (χ3n) is 4.67. The summed E-state index contributed by atoms with van der Waals surface area (Å²) in [5.74, 6) is 0.575. The fourth-order valence-corrected chi connectivity index (χ4v) is 5.56. The Bertz CT molecular complexity index is 1060. The third-order valence-corrected chi connectivity index (χ3v) is 8.08. The van der Waals surface area contributed by atoms with Crippen LogP contribution in [0.15, 0.2) is 46.2 Å². The fraction of sp³-hybridized carbons (Fsp3) is 0.400. The van der Waals surface area contributed by atoms with Crippen molar-refractivity contribution >= 4 is 25.7 Å². The predicted octanol–water partition coefficient (Wildman–Crippen LogP) is 3.53. The van der Waals surface area contributed by atoms with Crippen molar-refractivity contribution in [3.05, 3.63) is 47.5 Å². The van der Waals surface area contributed by atoms with Crippen molar-refractivity contribution in [1.82, 2.24) is 4.31 Å². The van der Waals surface area contributed by atoms with Gasteiger partial charge >= 0.3 is 0 Å². The molecule has 0 radical (unpaired) electrons. The number of nitrogens with zero attached hydrogens (tertiary/aromatic N) is 1. The Morgan fingerprint density at radius 1 is 0.897 bits per heavy atom. The molecule has 0 amide bonds. The SMILES string of the molecule is CCOc1ccc(S(=O)(=O)Nc2cc(S(=O)(=O)N(CC)CC)cc(C)c2C)cc1. The van der Waals surface area contributed by atoms with E-state index in [0.29, 0.717) is 36.6 Å². The van der Waals surface area contributed by atoms with E-state index in [0.717, 1.165) is 0 Å². The minimum atomic E-state index is -3.89. The summed E-state index contributed by atoms with van der Waals surface area (Å²) in [6.45, 7) is 10.0. The van der Waals surface area contributed by atoms with E-state index in [9.17, 15) is 16.8 Å². The van der Waals surface area contributed by atoms with Gasteiger partial charge in [0, 0.05) is 13.1 Å². The number of hydrogen-bond donors (Lipinski definition) is 1. The van der Waals surface area contributed by atoms with E-state index in [-0.39, 0.29) is 15.5 Å². The first-order valence-electron chi connectivity index (χ1n) is 9.43. The average Bonchev–Trinajstić information content (AvgIpc) is 2.66. The Hall–Kier alpha value is -2.10. The van der Waals surface area contributed by atoms with Crippen LogP contribution in [0.2, 0.25) is 0 Å². The quantitative estimate of drug-likeness (QED) is 0.644. The van der Waals surface area contributed by atoms with Gasteiger partial charge in [-0.3, -0.25) is 4.72 Å². The number of nitrogens with one attached hydrogen (secondary N) is 1. The molecule has 0 atom stereocenters. The third kappa shape index (κ3) is 5.09. The molecule has 0 aliphatic carbocycles. The monoisotopic (exact) mass is 440 g/mol. The first kappa shape index (κ1) is 23.2. The van der Waals surface area contributed by atoms with Gasteiger partial charge in [0.1, 0.15) is 5.75 Å². The smallest absolute Gasteiger partial charge is 0.261 e. The molecule has 9 heteroatoms. The van der Waals surface area contributed by atoms with Crippen molar-refractivity contribution in [3.8, 4) is 5.75 Å². The normalized spacial score (nSPS) is 12.2. The Morgan fingerprint density at radius 2 is 1.48 bits per heavy atom. The van der Waals surface area contributed by atoms with Gasteiger partial charge in [0.15, 0.2) is 0 Å². The lowest BCUT2D eigenvalue weighted by Crippen LogP contribution is -2.30. The molecule has 0 heterocycles. The second-order valence-electron chi connectivity index (χ2n) is 6.51. The molecule has 160 valence electrons. The Kier molecular flexibility index (Phi) is 7.31. The maximum atomic E-state index is 12.9. The molecule has 2 aromatic rings. The van der Waals surface area contributed by atoms with Crippen LogP contribution in [0.3, 0.4) is 0 Å². The topological polar surface area (TPSA) is 92.8 Å². The zero-order valence-electron chi connectivity index (χ0n) is 17.4. The van der Waals surface area contributed by atoms with Gasteiger partial charge in [0.2, 0.25) is 10.0 Å². The van der Waals surface area contributed by atoms with Gasteiger partial charge in [0.05, 0.1) is 22.1 Å². The number of rotatable bonds is 9. The van der Waals surface area contributed by atoms with Crippen molar-refractivity contribution in [2.24, 2.45) is 0 Å². The number of hydrogen-bond acceptors (Lipinski definition) is 5. The van der Waals surface area contributed by atoms with Gasteiger partial charge in [-0.25, -0.2) is 16.8 Å². The van der Waals surface area contributed by atoms with Crippen molar-refractivity contribution < 1.29 is 21.6 Å². The Balaban J connectivity index is 2.45. The molecule has 0 unspecified atom stereocenters. The molecule has 0 spiro atoms.